The SMILES string of the molecule is CCCCCC.CCNP(N)(=O)O. The van der Waals surface area contributed by atoms with Crippen LogP contribution in [0.1, 0.15) is 46.5 Å². The van der Waals surface area contributed by atoms with E-state index in [9.17, 15) is 4.57 Å². The third-order valence-electron chi connectivity index (χ3n) is 1.34. The van der Waals surface area contributed by atoms with Crippen LogP contribution in [0.4, 0.5) is 0 Å². The van der Waals surface area contributed by atoms with Gasteiger partial charge in [-0.05, 0) is 0 Å². The van der Waals surface area contributed by atoms with Gasteiger partial charge in [0.25, 0.3) is 0 Å². The number of nitrogens with one attached hydrogen (secondary N) is 1. The van der Waals surface area contributed by atoms with Gasteiger partial charge in [0.1, 0.15) is 0 Å². The molecule has 1 unspecified atom stereocenters. The Morgan fingerprint density at radius 3 is 1.69 bits per heavy atom. The summed E-state index contributed by atoms with van der Waals surface area (Å²) in [5.74, 6) is 0. The highest BCUT2D eigenvalue weighted by atomic mass is 31.2. The van der Waals surface area contributed by atoms with Crippen molar-refractivity contribution in [2.75, 3.05) is 6.54 Å². The molecule has 0 bridgehead atoms. The fourth-order valence-electron chi connectivity index (χ4n) is 0.727. The van der Waals surface area contributed by atoms with E-state index in [0.717, 1.165) is 0 Å². The van der Waals surface area contributed by atoms with Crippen molar-refractivity contribution in [3.05, 3.63) is 0 Å². The van der Waals surface area contributed by atoms with Crippen LogP contribution in [0.15, 0.2) is 0 Å². The quantitative estimate of drug-likeness (QED) is 0.480. The molecule has 0 heterocycles. The van der Waals surface area contributed by atoms with Crippen molar-refractivity contribution in [2.24, 2.45) is 5.50 Å². The minimum atomic E-state index is -3.42. The van der Waals surface area contributed by atoms with E-state index in [-0.39, 0.29) is 0 Å². The van der Waals surface area contributed by atoms with Gasteiger partial charge in [-0.15, -0.1) is 0 Å². The van der Waals surface area contributed by atoms with E-state index in [4.69, 9.17) is 4.89 Å². The van der Waals surface area contributed by atoms with Gasteiger partial charge in [0.2, 0.25) is 0 Å². The molecule has 5 heteroatoms. The Labute approximate surface area is 81.5 Å². The standard InChI is InChI=1S/C6H14.C2H9N2O2P/c1-3-5-6-4-2;1-2-4-7(3,5)6/h3-6H2,1-2H3;2H2,1H3,(H4,3,4,5,6). The van der Waals surface area contributed by atoms with Gasteiger partial charge < -0.3 is 4.89 Å². The second kappa shape index (κ2) is 10.2. The molecule has 0 rings (SSSR count). The Morgan fingerprint density at radius 1 is 1.23 bits per heavy atom. The fraction of sp³-hybridized carbons (Fsp3) is 1.00. The lowest BCUT2D eigenvalue weighted by atomic mass is 10.2. The monoisotopic (exact) mass is 210 g/mol. The summed E-state index contributed by atoms with van der Waals surface area (Å²) in [6, 6.07) is 0. The lowest BCUT2D eigenvalue weighted by Gasteiger charge is -2.01. The molecule has 0 fully saturated rings. The first-order valence-electron chi connectivity index (χ1n) is 4.84. The average molecular weight is 210 g/mol. The topological polar surface area (TPSA) is 75.3 Å². The van der Waals surface area contributed by atoms with E-state index < -0.39 is 7.67 Å². The summed E-state index contributed by atoms with van der Waals surface area (Å²) in [7, 11) is -3.42. The Balaban J connectivity index is 0. The summed E-state index contributed by atoms with van der Waals surface area (Å²) in [4.78, 5) is 8.24. The molecule has 0 spiro atoms. The minimum Gasteiger partial charge on any atom is -0.322 e. The number of rotatable bonds is 5. The predicted molar refractivity (Wildman–Crippen MR) is 57.5 cm³/mol. The number of unbranched alkanes of at least 4 members (excludes halogenated alkanes) is 3. The lowest BCUT2D eigenvalue weighted by molar-refractivity contribution is 0.466. The Kier molecular flexibility index (Phi) is 12.2. The Bertz CT molecular complexity index is 132. The molecule has 0 aromatic rings. The van der Waals surface area contributed by atoms with Crippen molar-refractivity contribution in [1.29, 1.82) is 0 Å². The van der Waals surface area contributed by atoms with Crippen molar-refractivity contribution in [1.82, 2.24) is 5.09 Å². The van der Waals surface area contributed by atoms with Crippen LogP contribution >= 0.6 is 7.67 Å². The van der Waals surface area contributed by atoms with E-state index in [0.29, 0.717) is 6.54 Å². The van der Waals surface area contributed by atoms with Gasteiger partial charge in [0, 0.05) is 6.54 Å². The molecule has 0 aliphatic carbocycles. The highest BCUT2D eigenvalue weighted by molar-refractivity contribution is 7.53. The van der Waals surface area contributed by atoms with Crippen molar-refractivity contribution in [2.45, 2.75) is 46.5 Å². The van der Waals surface area contributed by atoms with Gasteiger partial charge in [0.15, 0.2) is 0 Å². The molecular formula is C8H23N2O2P. The molecule has 82 valence electrons. The first kappa shape index (κ1) is 15.6. The van der Waals surface area contributed by atoms with E-state index in [1.54, 1.807) is 6.92 Å². The zero-order valence-electron chi connectivity index (χ0n) is 8.92. The van der Waals surface area contributed by atoms with Gasteiger partial charge >= 0.3 is 7.67 Å². The van der Waals surface area contributed by atoms with Crippen LogP contribution in [0.25, 0.3) is 0 Å². The zero-order valence-corrected chi connectivity index (χ0v) is 9.81. The molecule has 0 aromatic heterocycles. The molecule has 4 N–H and O–H groups in total. The summed E-state index contributed by atoms with van der Waals surface area (Å²) in [6.07, 6.45) is 5.54. The fourth-order valence-corrected chi connectivity index (χ4v) is 1.18. The zero-order chi connectivity index (χ0) is 10.7. The van der Waals surface area contributed by atoms with Gasteiger partial charge in [-0.2, -0.15) is 0 Å². The molecule has 4 nitrogen and oxygen atoms in total. The van der Waals surface area contributed by atoms with E-state index >= 15 is 0 Å². The first-order valence-corrected chi connectivity index (χ1v) is 6.57. The predicted octanol–water partition coefficient (Wildman–Crippen LogP) is 2.24. The summed E-state index contributed by atoms with van der Waals surface area (Å²) in [6.45, 7) is 6.59. The maximum absolute atomic E-state index is 10.0. The van der Waals surface area contributed by atoms with Crippen molar-refractivity contribution in [3.63, 3.8) is 0 Å². The molecule has 0 radical (unpaired) electrons. The maximum Gasteiger partial charge on any atom is 0.335 e. The molecule has 0 aliphatic rings. The molecule has 1 atom stereocenters. The molecule has 0 saturated heterocycles. The lowest BCUT2D eigenvalue weighted by Crippen LogP contribution is -2.14. The molecule has 0 aliphatic heterocycles. The number of hydrogen-bond acceptors (Lipinski definition) is 1. The second-order valence-corrected chi connectivity index (χ2v) is 4.40. The van der Waals surface area contributed by atoms with Crippen LogP contribution in [0, 0.1) is 0 Å². The average Bonchev–Trinajstić information content (AvgIpc) is 1.99. The third-order valence-corrected chi connectivity index (χ3v) is 2.11. The van der Waals surface area contributed by atoms with Crippen molar-refractivity contribution in [3.8, 4) is 0 Å². The molecule has 0 amide bonds. The summed E-state index contributed by atoms with van der Waals surface area (Å²) in [5.41, 5.74) is 4.65. The summed E-state index contributed by atoms with van der Waals surface area (Å²) >= 11 is 0. The smallest absolute Gasteiger partial charge is 0.322 e. The van der Waals surface area contributed by atoms with Gasteiger partial charge in [-0.3, -0.25) is 4.57 Å². The normalized spacial score (nSPS) is 14.2. The van der Waals surface area contributed by atoms with Crippen molar-refractivity contribution < 1.29 is 9.46 Å². The van der Waals surface area contributed by atoms with Crippen LogP contribution < -0.4 is 10.6 Å². The Morgan fingerprint density at radius 2 is 1.62 bits per heavy atom. The van der Waals surface area contributed by atoms with Gasteiger partial charge in [-0.25, -0.2) is 10.6 Å². The van der Waals surface area contributed by atoms with Gasteiger partial charge in [0.05, 0.1) is 0 Å². The van der Waals surface area contributed by atoms with Crippen LogP contribution in [0.2, 0.25) is 0 Å². The first-order chi connectivity index (χ1) is 5.97. The van der Waals surface area contributed by atoms with Gasteiger partial charge in [-0.1, -0.05) is 46.5 Å². The summed E-state index contributed by atoms with van der Waals surface area (Å²) < 4.78 is 10.0. The largest absolute Gasteiger partial charge is 0.335 e. The molecule has 0 saturated carbocycles. The van der Waals surface area contributed by atoms with Crippen LogP contribution in [0.3, 0.4) is 0 Å². The Hall–Kier alpha value is 0.110. The van der Waals surface area contributed by atoms with E-state index in [2.05, 4.69) is 24.4 Å². The second-order valence-electron chi connectivity index (χ2n) is 2.84. The molecule has 0 aromatic carbocycles. The molecular weight excluding hydrogens is 187 g/mol. The van der Waals surface area contributed by atoms with Crippen LogP contribution in [0.5, 0.6) is 0 Å². The highest BCUT2D eigenvalue weighted by Gasteiger charge is 2.04. The van der Waals surface area contributed by atoms with Crippen LogP contribution in [-0.2, 0) is 4.57 Å². The minimum absolute atomic E-state index is 0.421. The highest BCUT2D eigenvalue weighted by Crippen LogP contribution is 2.21. The van der Waals surface area contributed by atoms with Crippen LogP contribution in [-0.4, -0.2) is 11.4 Å². The van der Waals surface area contributed by atoms with E-state index in [1.165, 1.54) is 25.7 Å². The number of nitrogens with two attached hydrogens (primary N) is 1. The summed E-state index contributed by atoms with van der Waals surface area (Å²) in [5, 5.41) is 2.17. The van der Waals surface area contributed by atoms with Crippen molar-refractivity contribution >= 4 is 7.67 Å². The maximum atomic E-state index is 10.0. The third kappa shape index (κ3) is 24.5. The number of hydrogen-bond donors (Lipinski definition) is 3. The molecule has 13 heavy (non-hydrogen) atoms. The van der Waals surface area contributed by atoms with E-state index in [1.807, 2.05) is 0 Å².